The number of carbonyl (C=O) groups is 1. The van der Waals surface area contributed by atoms with E-state index in [9.17, 15) is 4.79 Å². The molecule has 0 saturated heterocycles. The molecule has 0 bridgehead atoms. The van der Waals surface area contributed by atoms with Gasteiger partial charge in [0.05, 0.1) is 0 Å². The Hall–Kier alpha value is -1.55. The summed E-state index contributed by atoms with van der Waals surface area (Å²) < 4.78 is 0. The van der Waals surface area contributed by atoms with E-state index in [4.69, 9.17) is 0 Å². The minimum Gasteiger partial charge on any atom is -0.378 e. The largest absolute Gasteiger partial charge is 0.378 e. The molecule has 0 spiro atoms. The molecule has 1 aromatic rings. The van der Waals surface area contributed by atoms with Crippen LogP contribution in [-0.2, 0) is 11.3 Å². The first kappa shape index (κ1) is 15.5. The van der Waals surface area contributed by atoms with Gasteiger partial charge in [-0.05, 0) is 24.7 Å². The molecule has 0 saturated carbocycles. The molecule has 0 aliphatic heterocycles. The third kappa shape index (κ3) is 4.56. The van der Waals surface area contributed by atoms with E-state index in [-0.39, 0.29) is 11.8 Å². The van der Waals surface area contributed by atoms with Crippen LogP contribution in [0.4, 0.5) is 5.69 Å². The molecule has 0 radical (unpaired) electrons. The maximum atomic E-state index is 12.1. The molecule has 4 heteroatoms. The van der Waals surface area contributed by atoms with Gasteiger partial charge in [-0.2, -0.15) is 0 Å². The summed E-state index contributed by atoms with van der Waals surface area (Å²) in [6, 6.07) is 8.29. The topological polar surface area (TPSA) is 35.6 Å². The van der Waals surface area contributed by atoms with Gasteiger partial charge in [0.2, 0.25) is 5.91 Å². The highest BCUT2D eigenvalue weighted by Gasteiger charge is 2.16. The molecule has 0 aliphatic rings. The van der Waals surface area contributed by atoms with Crippen LogP contribution in [-0.4, -0.2) is 45.5 Å². The molecule has 1 aromatic carbocycles. The van der Waals surface area contributed by atoms with Crippen molar-refractivity contribution < 1.29 is 4.79 Å². The highest BCUT2D eigenvalue weighted by Crippen LogP contribution is 2.14. The van der Waals surface area contributed by atoms with E-state index in [1.807, 2.05) is 35.1 Å². The van der Waals surface area contributed by atoms with Gasteiger partial charge < -0.3 is 15.1 Å². The molecule has 1 atom stereocenters. The number of nitrogens with one attached hydrogen (secondary N) is 1. The molecule has 1 rings (SSSR count). The lowest BCUT2D eigenvalue weighted by atomic mass is 10.1. The average molecular weight is 263 g/mol. The standard InChI is InChI=1S/C15H25N3O/c1-12(10-16-2)15(19)18(5)11-13-6-8-14(9-7-13)17(3)4/h6-9,12,16H,10-11H2,1-5H3. The molecule has 1 N–H and O–H groups in total. The highest BCUT2D eigenvalue weighted by molar-refractivity contribution is 5.78. The van der Waals surface area contributed by atoms with Crippen LogP contribution in [0.25, 0.3) is 0 Å². The minimum atomic E-state index is 0.0102. The summed E-state index contributed by atoms with van der Waals surface area (Å²) in [7, 11) is 7.76. The van der Waals surface area contributed by atoms with E-state index in [2.05, 4.69) is 34.5 Å². The Morgan fingerprint density at radius 2 is 1.79 bits per heavy atom. The van der Waals surface area contributed by atoms with E-state index in [1.54, 1.807) is 4.90 Å². The van der Waals surface area contributed by atoms with Crippen molar-refractivity contribution in [2.45, 2.75) is 13.5 Å². The molecule has 0 aliphatic carbocycles. The summed E-state index contributed by atoms with van der Waals surface area (Å²) in [6.45, 7) is 3.31. The SMILES string of the molecule is CNCC(C)C(=O)N(C)Cc1ccc(N(C)C)cc1. The van der Waals surface area contributed by atoms with E-state index in [0.29, 0.717) is 13.1 Å². The van der Waals surface area contributed by atoms with Crippen LogP contribution in [0.2, 0.25) is 0 Å². The third-order valence-corrected chi connectivity index (χ3v) is 3.18. The fourth-order valence-corrected chi connectivity index (χ4v) is 2.02. The summed E-state index contributed by atoms with van der Waals surface area (Å²) in [5.41, 5.74) is 2.32. The number of carbonyl (C=O) groups excluding carboxylic acids is 1. The number of benzene rings is 1. The third-order valence-electron chi connectivity index (χ3n) is 3.18. The Balaban J connectivity index is 2.61. The lowest BCUT2D eigenvalue weighted by Gasteiger charge is -2.22. The van der Waals surface area contributed by atoms with Crippen molar-refractivity contribution in [3.63, 3.8) is 0 Å². The zero-order valence-corrected chi connectivity index (χ0v) is 12.6. The van der Waals surface area contributed by atoms with Crippen molar-refractivity contribution in [2.24, 2.45) is 5.92 Å². The van der Waals surface area contributed by atoms with Gasteiger partial charge in [-0.25, -0.2) is 0 Å². The van der Waals surface area contributed by atoms with Crippen LogP contribution in [0.5, 0.6) is 0 Å². The summed E-state index contributed by atoms with van der Waals surface area (Å²) in [4.78, 5) is 15.9. The Morgan fingerprint density at radius 3 is 2.26 bits per heavy atom. The lowest BCUT2D eigenvalue weighted by Crippen LogP contribution is -2.35. The van der Waals surface area contributed by atoms with Crippen LogP contribution >= 0.6 is 0 Å². The van der Waals surface area contributed by atoms with E-state index in [0.717, 1.165) is 5.56 Å². The monoisotopic (exact) mass is 263 g/mol. The van der Waals surface area contributed by atoms with Gasteiger partial charge in [0.15, 0.2) is 0 Å². The van der Waals surface area contributed by atoms with Gasteiger partial charge in [-0.15, -0.1) is 0 Å². The second kappa shape index (κ2) is 7.14. The quantitative estimate of drug-likeness (QED) is 0.846. The number of hydrogen-bond donors (Lipinski definition) is 1. The second-order valence-corrected chi connectivity index (χ2v) is 5.21. The van der Waals surface area contributed by atoms with E-state index >= 15 is 0 Å². The Labute approximate surface area is 116 Å². The van der Waals surface area contributed by atoms with Crippen LogP contribution < -0.4 is 10.2 Å². The summed E-state index contributed by atoms with van der Waals surface area (Å²) in [5.74, 6) is 0.182. The zero-order valence-electron chi connectivity index (χ0n) is 12.6. The number of nitrogens with zero attached hydrogens (tertiary/aromatic N) is 2. The molecular formula is C15H25N3O. The van der Waals surface area contributed by atoms with Crippen LogP contribution in [0.3, 0.4) is 0 Å². The van der Waals surface area contributed by atoms with Crippen LogP contribution in [0.15, 0.2) is 24.3 Å². The fourth-order valence-electron chi connectivity index (χ4n) is 2.02. The van der Waals surface area contributed by atoms with E-state index in [1.165, 1.54) is 5.69 Å². The highest BCUT2D eigenvalue weighted by atomic mass is 16.2. The molecule has 106 valence electrons. The smallest absolute Gasteiger partial charge is 0.226 e. The van der Waals surface area contributed by atoms with Crippen molar-refractivity contribution in [3.05, 3.63) is 29.8 Å². The molecule has 0 fully saturated rings. The maximum Gasteiger partial charge on any atom is 0.226 e. The summed E-state index contributed by atoms with van der Waals surface area (Å²) in [5, 5.41) is 3.03. The predicted octanol–water partition coefficient (Wildman–Crippen LogP) is 1.57. The first-order valence-electron chi connectivity index (χ1n) is 6.61. The lowest BCUT2D eigenvalue weighted by molar-refractivity contribution is -0.134. The molecule has 0 aromatic heterocycles. The van der Waals surface area contributed by atoms with Gasteiger partial charge in [0.25, 0.3) is 0 Å². The molecule has 0 heterocycles. The van der Waals surface area contributed by atoms with Crippen molar-refractivity contribution in [1.29, 1.82) is 0 Å². The van der Waals surface area contributed by atoms with Gasteiger partial charge in [-0.3, -0.25) is 4.79 Å². The number of rotatable bonds is 6. The zero-order chi connectivity index (χ0) is 14.4. The summed E-state index contributed by atoms with van der Waals surface area (Å²) >= 11 is 0. The number of amides is 1. The molecule has 4 nitrogen and oxygen atoms in total. The normalized spacial score (nSPS) is 12.1. The molecule has 1 amide bonds. The van der Waals surface area contributed by atoms with Gasteiger partial charge in [0.1, 0.15) is 0 Å². The Kier molecular flexibility index (Phi) is 5.83. The van der Waals surface area contributed by atoms with Crippen molar-refractivity contribution in [2.75, 3.05) is 39.6 Å². The van der Waals surface area contributed by atoms with Crippen molar-refractivity contribution >= 4 is 11.6 Å². The molecule has 19 heavy (non-hydrogen) atoms. The van der Waals surface area contributed by atoms with Gasteiger partial charge in [0, 0.05) is 45.8 Å². The molecule has 1 unspecified atom stereocenters. The molecular weight excluding hydrogens is 238 g/mol. The number of anilines is 1. The first-order valence-corrected chi connectivity index (χ1v) is 6.61. The predicted molar refractivity (Wildman–Crippen MR) is 80.3 cm³/mol. The second-order valence-electron chi connectivity index (χ2n) is 5.21. The van der Waals surface area contributed by atoms with Gasteiger partial charge in [-0.1, -0.05) is 19.1 Å². The van der Waals surface area contributed by atoms with Crippen LogP contribution in [0.1, 0.15) is 12.5 Å². The maximum absolute atomic E-state index is 12.1. The van der Waals surface area contributed by atoms with Crippen molar-refractivity contribution in [3.8, 4) is 0 Å². The van der Waals surface area contributed by atoms with Gasteiger partial charge >= 0.3 is 0 Å². The minimum absolute atomic E-state index is 0.0102. The Bertz CT molecular complexity index is 400. The van der Waals surface area contributed by atoms with Crippen LogP contribution in [0, 0.1) is 5.92 Å². The first-order chi connectivity index (χ1) is 8.95. The fraction of sp³-hybridized carbons (Fsp3) is 0.533. The number of hydrogen-bond acceptors (Lipinski definition) is 3. The summed E-state index contributed by atoms with van der Waals surface area (Å²) in [6.07, 6.45) is 0. The van der Waals surface area contributed by atoms with Crippen molar-refractivity contribution in [1.82, 2.24) is 10.2 Å². The van der Waals surface area contributed by atoms with E-state index < -0.39 is 0 Å². The average Bonchev–Trinajstić information content (AvgIpc) is 2.38. The Morgan fingerprint density at radius 1 is 1.21 bits per heavy atom.